The molecule has 0 aliphatic rings. The molecule has 90 valence electrons. The fraction of sp³-hybridized carbons (Fsp3) is 0.200. The molecule has 0 bridgehead atoms. The van der Waals surface area contributed by atoms with E-state index in [2.05, 4.69) is 10.6 Å². The number of nitro groups is 1. The molecule has 0 atom stereocenters. The molecule has 0 fully saturated rings. The van der Waals surface area contributed by atoms with Gasteiger partial charge in [0, 0.05) is 23.2 Å². The molecule has 1 aromatic rings. The van der Waals surface area contributed by atoms with Crippen LogP contribution in [-0.4, -0.2) is 23.3 Å². The Balaban J connectivity index is 2.68. The van der Waals surface area contributed by atoms with Crippen LogP contribution >= 0.6 is 0 Å². The van der Waals surface area contributed by atoms with E-state index < -0.39 is 17.4 Å². The molecule has 0 aliphatic carbocycles. The lowest BCUT2D eigenvalue weighted by Gasteiger charge is -2.05. The Hall–Kier alpha value is -2.44. The number of hydrogen-bond donors (Lipinski definition) is 2. The summed E-state index contributed by atoms with van der Waals surface area (Å²) in [7, 11) is 0. The van der Waals surface area contributed by atoms with Gasteiger partial charge in [0.2, 0.25) is 5.91 Å². The van der Waals surface area contributed by atoms with Gasteiger partial charge >= 0.3 is 0 Å². The molecule has 0 unspecified atom stereocenters. The number of nitrogens with one attached hydrogen (secondary N) is 2. The number of carbonyl (C=O) groups excluding carboxylic acids is 2. The zero-order chi connectivity index (χ0) is 12.8. The Morgan fingerprint density at radius 1 is 1.29 bits per heavy atom. The maximum absolute atomic E-state index is 11.1. The first kappa shape index (κ1) is 12.6. The van der Waals surface area contributed by atoms with E-state index in [1.54, 1.807) is 18.2 Å². The van der Waals surface area contributed by atoms with Crippen LogP contribution in [0.15, 0.2) is 24.3 Å². The van der Waals surface area contributed by atoms with Gasteiger partial charge in [0.1, 0.15) is 0 Å². The smallest absolute Gasteiger partial charge is 0.296 e. The Bertz CT molecular complexity index is 459. The zero-order valence-electron chi connectivity index (χ0n) is 9.10. The normalized spacial score (nSPS) is 9.47. The maximum atomic E-state index is 11.1. The van der Waals surface area contributed by atoms with Crippen LogP contribution in [0, 0.1) is 10.1 Å². The first-order valence-electron chi connectivity index (χ1n) is 4.76. The van der Waals surface area contributed by atoms with Crippen molar-refractivity contribution in [1.29, 1.82) is 0 Å². The van der Waals surface area contributed by atoms with Crippen LogP contribution in [0.3, 0.4) is 0 Å². The molecular formula is C10H11N3O4. The van der Waals surface area contributed by atoms with Crippen molar-refractivity contribution in [2.45, 2.75) is 6.92 Å². The highest BCUT2D eigenvalue weighted by atomic mass is 16.6. The van der Waals surface area contributed by atoms with Crippen molar-refractivity contribution < 1.29 is 14.5 Å². The largest absolute Gasteiger partial charge is 0.326 e. The van der Waals surface area contributed by atoms with E-state index in [0.717, 1.165) is 0 Å². The summed E-state index contributed by atoms with van der Waals surface area (Å²) < 4.78 is 0. The van der Waals surface area contributed by atoms with Crippen LogP contribution in [-0.2, 0) is 9.59 Å². The first-order chi connectivity index (χ1) is 7.97. The van der Waals surface area contributed by atoms with Crippen molar-refractivity contribution in [1.82, 2.24) is 0 Å². The monoisotopic (exact) mass is 237 g/mol. The average Bonchev–Trinajstić information content (AvgIpc) is 2.14. The van der Waals surface area contributed by atoms with E-state index in [-0.39, 0.29) is 5.91 Å². The van der Waals surface area contributed by atoms with E-state index in [9.17, 15) is 19.7 Å². The maximum Gasteiger partial charge on any atom is 0.296 e. The predicted molar refractivity (Wildman–Crippen MR) is 61.2 cm³/mol. The highest BCUT2D eigenvalue weighted by molar-refractivity contribution is 5.93. The second-order valence-corrected chi connectivity index (χ2v) is 3.30. The average molecular weight is 237 g/mol. The molecule has 2 N–H and O–H groups in total. The van der Waals surface area contributed by atoms with E-state index in [1.165, 1.54) is 13.0 Å². The molecule has 0 spiro atoms. The Morgan fingerprint density at radius 2 is 1.88 bits per heavy atom. The van der Waals surface area contributed by atoms with Gasteiger partial charge < -0.3 is 10.6 Å². The molecule has 0 saturated heterocycles. The van der Waals surface area contributed by atoms with Gasteiger partial charge in [-0.25, -0.2) is 0 Å². The van der Waals surface area contributed by atoms with E-state index in [4.69, 9.17) is 0 Å². The van der Waals surface area contributed by atoms with E-state index >= 15 is 0 Å². The molecule has 0 aliphatic heterocycles. The number of hydrogen-bond acceptors (Lipinski definition) is 4. The van der Waals surface area contributed by atoms with E-state index in [1.807, 2.05) is 0 Å². The van der Waals surface area contributed by atoms with Crippen molar-refractivity contribution >= 4 is 23.2 Å². The zero-order valence-corrected chi connectivity index (χ0v) is 9.10. The molecular weight excluding hydrogens is 226 g/mol. The minimum Gasteiger partial charge on any atom is -0.326 e. The van der Waals surface area contributed by atoms with Crippen LogP contribution < -0.4 is 10.6 Å². The second kappa shape index (κ2) is 5.59. The molecule has 7 nitrogen and oxygen atoms in total. The first-order valence-corrected chi connectivity index (χ1v) is 4.76. The molecule has 0 radical (unpaired) electrons. The number of rotatable bonds is 4. The molecule has 0 heterocycles. The topological polar surface area (TPSA) is 101 Å². The van der Waals surface area contributed by atoms with Gasteiger partial charge in [0.05, 0.1) is 0 Å². The second-order valence-electron chi connectivity index (χ2n) is 3.30. The van der Waals surface area contributed by atoms with Gasteiger partial charge in [-0.2, -0.15) is 0 Å². The lowest BCUT2D eigenvalue weighted by atomic mass is 10.2. The van der Waals surface area contributed by atoms with Gasteiger partial charge in [-0.15, -0.1) is 0 Å². The van der Waals surface area contributed by atoms with Crippen molar-refractivity contribution in [3.8, 4) is 0 Å². The van der Waals surface area contributed by atoms with Gasteiger partial charge in [-0.3, -0.25) is 19.7 Å². The number of nitrogens with zero attached hydrogens (tertiary/aromatic N) is 1. The van der Waals surface area contributed by atoms with Gasteiger partial charge in [-0.05, 0) is 18.2 Å². The van der Waals surface area contributed by atoms with Gasteiger partial charge in [0.25, 0.3) is 12.5 Å². The molecule has 17 heavy (non-hydrogen) atoms. The summed E-state index contributed by atoms with van der Waals surface area (Å²) in [6.07, 6.45) is 0. The van der Waals surface area contributed by atoms with Crippen molar-refractivity contribution in [2.24, 2.45) is 0 Å². The third-order valence-electron chi connectivity index (χ3n) is 1.74. The molecule has 0 aromatic heterocycles. The SMILES string of the molecule is CC(=O)Nc1cccc(NC(=O)C[N+](=O)[O-])c1. The Labute approximate surface area is 97.0 Å². The number of benzene rings is 1. The quantitative estimate of drug-likeness (QED) is 0.598. The minimum absolute atomic E-state index is 0.237. The summed E-state index contributed by atoms with van der Waals surface area (Å²) in [4.78, 5) is 31.3. The Morgan fingerprint density at radius 3 is 2.41 bits per heavy atom. The molecule has 7 heteroatoms. The number of carbonyl (C=O) groups is 2. The fourth-order valence-corrected chi connectivity index (χ4v) is 1.20. The van der Waals surface area contributed by atoms with Crippen molar-refractivity contribution in [2.75, 3.05) is 17.2 Å². The summed E-state index contributed by atoms with van der Waals surface area (Å²) >= 11 is 0. The number of anilines is 2. The third-order valence-corrected chi connectivity index (χ3v) is 1.74. The van der Waals surface area contributed by atoms with Gasteiger partial charge in [-0.1, -0.05) is 6.07 Å². The standard InChI is InChI=1S/C10H11N3O4/c1-7(14)11-8-3-2-4-9(5-8)12-10(15)6-13(16)17/h2-5H,6H2,1H3,(H,11,14)(H,12,15). The molecule has 1 rings (SSSR count). The lowest BCUT2D eigenvalue weighted by Crippen LogP contribution is -2.21. The van der Waals surface area contributed by atoms with Crippen LogP contribution in [0.5, 0.6) is 0 Å². The summed E-state index contributed by atoms with van der Waals surface area (Å²) in [6, 6.07) is 6.35. The van der Waals surface area contributed by atoms with Crippen molar-refractivity contribution in [3.05, 3.63) is 34.4 Å². The summed E-state index contributed by atoms with van der Waals surface area (Å²) in [5, 5.41) is 15.0. The Kier molecular flexibility index (Phi) is 4.15. The predicted octanol–water partition coefficient (Wildman–Crippen LogP) is 0.860. The van der Waals surface area contributed by atoms with E-state index in [0.29, 0.717) is 11.4 Å². The summed E-state index contributed by atoms with van der Waals surface area (Å²) in [6.45, 7) is 0.572. The minimum atomic E-state index is -0.787. The fourth-order valence-electron chi connectivity index (χ4n) is 1.20. The lowest BCUT2D eigenvalue weighted by molar-refractivity contribution is -0.467. The van der Waals surface area contributed by atoms with Crippen LogP contribution in [0.1, 0.15) is 6.92 Å². The molecule has 1 aromatic carbocycles. The highest BCUT2D eigenvalue weighted by Gasteiger charge is 2.09. The molecule has 0 saturated carbocycles. The van der Waals surface area contributed by atoms with Gasteiger partial charge in [0.15, 0.2) is 0 Å². The van der Waals surface area contributed by atoms with Crippen LogP contribution in [0.2, 0.25) is 0 Å². The van der Waals surface area contributed by atoms with Crippen LogP contribution in [0.25, 0.3) is 0 Å². The highest BCUT2D eigenvalue weighted by Crippen LogP contribution is 2.14. The third kappa shape index (κ3) is 4.74. The molecule has 2 amide bonds. The van der Waals surface area contributed by atoms with Crippen molar-refractivity contribution in [3.63, 3.8) is 0 Å². The summed E-state index contributed by atoms with van der Waals surface area (Å²) in [5.41, 5.74) is 0.902. The van der Waals surface area contributed by atoms with Crippen LogP contribution in [0.4, 0.5) is 11.4 Å². The number of amides is 2. The summed E-state index contributed by atoms with van der Waals surface area (Å²) in [5.74, 6) is -0.950.